The van der Waals surface area contributed by atoms with Gasteiger partial charge in [0, 0.05) is 18.9 Å². The van der Waals surface area contributed by atoms with Crippen LogP contribution >= 0.6 is 0 Å². The highest BCUT2D eigenvalue weighted by atomic mass is 16.4. The largest absolute Gasteiger partial charge is 0.481 e. The lowest BCUT2D eigenvalue weighted by Gasteiger charge is -2.43. The third-order valence-electron chi connectivity index (χ3n) is 5.62. The molecular formula is C16H27NO3. The SMILES string of the molecule is CC12CCC(C1)C(C)(C)C2NC(=O)CCCCC(=O)O. The van der Waals surface area contributed by atoms with Crippen molar-refractivity contribution in [2.24, 2.45) is 16.7 Å². The van der Waals surface area contributed by atoms with E-state index in [1.165, 1.54) is 19.3 Å². The van der Waals surface area contributed by atoms with Gasteiger partial charge in [-0.05, 0) is 48.9 Å². The van der Waals surface area contributed by atoms with E-state index in [2.05, 4.69) is 26.1 Å². The summed E-state index contributed by atoms with van der Waals surface area (Å²) in [6.07, 6.45) is 5.56. The molecule has 0 spiro atoms. The first-order chi connectivity index (χ1) is 9.25. The second-order valence-electron chi connectivity index (χ2n) is 7.52. The van der Waals surface area contributed by atoms with Gasteiger partial charge < -0.3 is 10.4 Å². The predicted molar refractivity (Wildman–Crippen MR) is 77.3 cm³/mol. The summed E-state index contributed by atoms with van der Waals surface area (Å²) < 4.78 is 0. The molecule has 4 nitrogen and oxygen atoms in total. The van der Waals surface area contributed by atoms with Crippen molar-refractivity contribution in [2.45, 2.75) is 71.8 Å². The first-order valence-corrected chi connectivity index (χ1v) is 7.77. The number of carboxylic acids is 1. The van der Waals surface area contributed by atoms with Gasteiger partial charge in [-0.25, -0.2) is 0 Å². The van der Waals surface area contributed by atoms with Gasteiger partial charge in [-0.15, -0.1) is 0 Å². The minimum absolute atomic E-state index is 0.0854. The second-order valence-corrected chi connectivity index (χ2v) is 7.52. The van der Waals surface area contributed by atoms with E-state index in [1.54, 1.807) is 0 Å². The van der Waals surface area contributed by atoms with Crippen LogP contribution < -0.4 is 5.32 Å². The highest BCUT2D eigenvalue weighted by Crippen LogP contribution is 2.62. The first kappa shape index (κ1) is 15.3. The Morgan fingerprint density at radius 1 is 1.20 bits per heavy atom. The van der Waals surface area contributed by atoms with Crippen LogP contribution in [0.4, 0.5) is 0 Å². The predicted octanol–water partition coefficient (Wildman–Crippen LogP) is 2.96. The molecule has 0 aromatic heterocycles. The fraction of sp³-hybridized carbons (Fsp3) is 0.875. The zero-order valence-electron chi connectivity index (χ0n) is 12.9. The van der Waals surface area contributed by atoms with Crippen molar-refractivity contribution in [3.8, 4) is 0 Å². The summed E-state index contributed by atoms with van der Waals surface area (Å²) in [4.78, 5) is 22.5. The number of nitrogens with one attached hydrogen (secondary N) is 1. The third kappa shape index (κ3) is 2.84. The minimum Gasteiger partial charge on any atom is -0.481 e. The van der Waals surface area contributed by atoms with Crippen LogP contribution in [0.15, 0.2) is 0 Å². The van der Waals surface area contributed by atoms with Gasteiger partial charge in [-0.3, -0.25) is 9.59 Å². The molecule has 3 unspecified atom stereocenters. The van der Waals surface area contributed by atoms with E-state index in [9.17, 15) is 9.59 Å². The summed E-state index contributed by atoms with van der Waals surface area (Å²) >= 11 is 0. The average Bonchev–Trinajstić information content (AvgIpc) is 2.81. The van der Waals surface area contributed by atoms with Crippen LogP contribution in [-0.2, 0) is 9.59 Å². The Kier molecular flexibility index (Phi) is 4.12. The maximum absolute atomic E-state index is 12.1. The number of carbonyl (C=O) groups is 2. The standard InChI is InChI=1S/C16H27NO3/c1-15(2)11-8-9-16(3,10-11)14(15)17-12(18)6-4-5-7-13(19)20/h11,14H,4-10H2,1-3H3,(H,17,18)(H,19,20). The molecule has 2 fully saturated rings. The molecule has 4 heteroatoms. The van der Waals surface area contributed by atoms with Crippen molar-refractivity contribution in [3.63, 3.8) is 0 Å². The highest BCUT2D eigenvalue weighted by Gasteiger charge is 2.59. The fourth-order valence-corrected chi connectivity index (χ4v) is 4.46. The molecule has 0 saturated heterocycles. The molecule has 0 heterocycles. The first-order valence-electron chi connectivity index (χ1n) is 7.77. The zero-order valence-corrected chi connectivity index (χ0v) is 12.9. The van der Waals surface area contributed by atoms with Crippen LogP contribution in [0, 0.1) is 16.7 Å². The van der Waals surface area contributed by atoms with E-state index < -0.39 is 5.97 Å². The molecule has 3 atom stereocenters. The minimum atomic E-state index is -0.785. The van der Waals surface area contributed by atoms with Crippen LogP contribution in [0.5, 0.6) is 0 Å². The number of unbranched alkanes of at least 4 members (excludes halogenated alkanes) is 1. The Labute approximate surface area is 121 Å². The van der Waals surface area contributed by atoms with Gasteiger partial charge in [-0.2, -0.15) is 0 Å². The molecular weight excluding hydrogens is 254 g/mol. The van der Waals surface area contributed by atoms with E-state index in [0.29, 0.717) is 19.3 Å². The summed E-state index contributed by atoms with van der Waals surface area (Å²) in [6, 6.07) is 0.265. The molecule has 2 bridgehead atoms. The lowest BCUT2D eigenvalue weighted by Crippen LogP contribution is -2.52. The highest BCUT2D eigenvalue weighted by molar-refractivity contribution is 5.76. The number of fused-ring (bicyclic) bond motifs is 2. The van der Waals surface area contributed by atoms with Crippen LogP contribution in [0.1, 0.15) is 65.7 Å². The molecule has 0 radical (unpaired) electrons. The van der Waals surface area contributed by atoms with Crippen molar-refractivity contribution in [1.82, 2.24) is 5.32 Å². The van der Waals surface area contributed by atoms with E-state index in [-0.39, 0.29) is 29.2 Å². The van der Waals surface area contributed by atoms with E-state index in [1.807, 2.05) is 0 Å². The molecule has 2 rings (SSSR count). The molecule has 20 heavy (non-hydrogen) atoms. The quantitative estimate of drug-likeness (QED) is 0.736. The lowest BCUT2D eigenvalue weighted by atomic mass is 9.68. The average molecular weight is 281 g/mol. The van der Waals surface area contributed by atoms with Crippen LogP contribution in [-0.4, -0.2) is 23.0 Å². The van der Waals surface area contributed by atoms with Crippen LogP contribution in [0.25, 0.3) is 0 Å². The summed E-state index contributed by atoms with van der Waals surface area (Å²) in [6.45, 7) is 6.85. The van der Waals surface area contributed by atoms with Crippen LogP contribution in [0.2, 0.25) is 0 Å². The summed E-state index contributed by atoms with van der Waals surface area (Å²) in [7, 11) is 0. The number of rotatable bonds is 6. The number of hydrogen-bond acceptors (Lipinski definition) is 2. The fourth-order valence-electron chi connectivity index (χ4n) is 4.46. The smallest absolute Gasteiger partial charge is 0.303 e. The van der Waals surface area contributed by atoms with Gasteiger partial charge in [-0.1, -0.05) is 20.8 Å². The molecule has 0 aromatic rings. The number of carbonyl (C=O) groups excluding carboxylic acids is 1. The molecule has 2 N–H and O–H groups in total. The monoisotopic (exact) mass is 281 g/mol. The second kappa shape index (κ2) is 5.38. The van der Waals surface area contributed by atoms with Crippen molar-refractivity contribution in [3.05, 3.63) is 0 Å². The Balaban J connectivity index is 1.83. The summed E-state index contributed by atoms with van der Waals surface area (Å²) in [5.41, 5.74) is 0.439. The Morgan fingerprint density at radius 2 is 1.85 bits per heavy atom. The van der Waals surface area contributed by atoms with Crippen molar-refractivity contribution in [1.29, 1.82) is 0 Å². The van der Waals surface area contributed by atoms with Crippen molar-refractivity contribution in [2.75, 3.05) is 0 Å². The van der Waals surface area contributed by atoms with Crippen LogP contribution in [0.3, 0.4) is 0 Å². The van der Waals surface area contributed by atoms with E-state index in [0.717, 1.165) is 5.92 Å². The number of carboxylic acid groups (broad SMARTS) is 1. The molecule has 2 aliphatic rings. The lowest BCUT2D eigenvalue weighted by molar-refractivity contribution is -0.137. The van der Waals surface area contributed by atoms with Crippen molar-refractivity contribution >= 4 is 11.9 Å². The van der Waals surface area contributed by atoms with Gasteiger partial charge >= 0.3 is 5.97 Å². The van der Waals surface area contributed by atoms with Gasteiger partial charge in [0.15, 0.2) is 0 Å². The number of hydrogen-bond donors (Lipinski definition) is 2. The molecule has 0 aliphatic heterocycles. The van der Waals surface area contributed by atoms with Crippen molar-refractivity contribution < 1.29 is 14.7 Å². The Hall–Kier alpha value is -1.06. The Bertz CT molecular complexity index is 400. The van der Waals surface area contributed by atoms with E-state index in [4.69, 9.17) is 5.11 Å². The molecule has 1 amide bonds. The normalized spacial score (nSPS) is 34.1. The maximum atomic E-state index is 12.1. The van der Waals surface area contributed by atoms with Gasteiger partial charge in [0.25, 0.3) is 0 Å². The molecule has 2 aliphatic carbocycles. The molecule has 114 valence electrons. The Morgan fingerprint density at radius 3 is 2.40 bits per heavy atom. The third-order valence-corrected chi connectivity index (χ3v) is 5.62. The number of amides is 1. The zero-order chi connectivity index (χ0) is 15.0. The van der Waals surface area contributed by atoms with Gasteiger partial charge in [0.2, 0.25) is 5.91 Å². The molecule has 2 saturated carbocycles. The molecule has 0 aromatic carbocycles. The summed E-state index contributed by atoms with van der Waals surface area (Å²) in [5.74, 6) is 0.0270. The van der Waals surface area contributed by atoms with E-state index >= 15 is 0 Å². The van der Waals surface area contributed by atoms with Gasteiger partial charge in [0.05, 0.1) is 0 Å². The topological polar surface area (TPSA) is 66.4 Å². The summed E-state index contributed by atoms with van der Waals surface area (Å²) in [5, 5.41) is 11.8. The number of aliphatic carboxylic acids is 1. The maximum Gasteiger partial charge on any atom is 0.303 e. The van der Waals surface area contributed by atoms with Gasteiger partial charge in [0.1, 0.15) is 0 Å².